The summed E-state index contributed by atoms with van der Waals surface area (Å²) >= 11 is 0. The standard InChI is InChI=1S/C21H17F3N2O3/c1-29-20(28)18(12-13-6-2-4-8-16(13)21(22,23)24)26-19(27)15-10-11-25-17-9-5-3-7-14(15)17/h2-11,18H,12H2,1H3,(H,26,27)/t18-/m1/s1. The Morgan fingerprint density at radius 1 is 1.07 bits per heavy atom. The third-order valence-electron chi connectivity index (χ3n) is 4.43. The maximum absolute atomic E-state index is 13.3. The van der Waals surface area contributed by atoms with Gasteiger partial charge in [-0.15, -0.1) is 0 Å². The van der Waals surface area contributed by atoms with Gasteiger partial charge < -0.3 is 10.1 Å². The van der Waals surface area contributed by atoms with Crippen molar-refractivity contribution < 1.29 is 27.5 Å². The van der Waals surface area contributed by atoms with Crippen LogP contribution in [0.1, 0.15) is 21.5 Å². The first kappa shape index (κ1) is 20.3. The number of para-hydroxylation sites is 1. The van der Waals surface area contributed by atoms with Crippen molar-refractivity contribution in [3.63, 3.8) is 0 Å². The maximum Gasteiger partial charge on any atom is 0.416 e. The second kappa shape index (κ2) is 8.30. The van der Waals surface area contributed by atoms with E-state index in [4.69, 9.17) is 0 Å². The van der Waals surface area contributed by atoms with E-state index >= 15 is 0 Å². The molecule has 29 heavy (non-hydrogen) atoms. The fourth-order valence-electron chi connectivity index (χ4n) is 3.06. The Morgan fingerprint density at radius 2 is 1.76 bits per heavy atom. The predicted molar refractivity (Wildman–Crippen MR) is 100 cm³/mol. The Bertz CT molecular complexity index is 1050. The van der Waals surface area contributed by atoms with Gasteiger partial charge in [-0.05, 0) is 23.8 Å². The molecule has 3 rings (SSSR count). The Morgan fingerprint density at radius 3 is 2.48 bits per heavy atom. The van der Waals surface area contributed by atoms with Gasteiger partial charge in [0, 0.05) is 18.0 Å². The van der Waals surface area contributed by atoms with Crippen LogP contribution in [0, 0.1) is 0 Å². The Hall–Kier alpha value is -3.42. The smallest absolute Gasteiger partial charge is 0.416 e. The number of rotatable bonds is 5. The summed E-state index contributed by atoms with van der Waals surface area (Å²) in [5, 5.41) is 3.06. The molecule has 3 aromatic rings. The number of ether oxygens (including phenoxy) is 1. The normalized spacial score (nSPS) is 12.4. The van der Waals surface area contributed by atoms with E-state index in [1.165, 1.54) is 30.5 Å². The minimum absolute atomic E-state index is 0.115. The van der Waals surface area contributed by atoms with Gasteiger partial charge in [0.15, 0.2) is 0 Å². The molecule has 0 aliphatic rings. The zero-order valence-corrected chi connectivity index (χ0v) is 15.4. The third-order valence-corrected chi connectivity index (χ3v) is 4.43. The Balaban J connectivity index is 1.91. The average Bonchev–Trinajstić information content (AvgIpc) is 2.71. The maximum atomic E-state index is 13.3. The van der Waals surface area contributed by atoms with E-state index in [9.17, 15) is 22.8 Å². The molecule has 8 heteroatoms. The third kappa shape index (κ3) is 4.53. The molecule has 2 aromatic carbocycles. The first-order valence-corrected chi connectivity index (χ1v) is 8.69. The summed E-state index contributed by atoms with van der Waals surface area (Å²) in [5.41, 5.74) is -0.140. The summed E-state index contributed by atoms with van der Waals surface area (Å²) in [5.74, 6) is -1.45. The van der Waals surface area contributed by atoms with E-state index < -0.39 is 29.7 Å². The van der Waals surface area contributed by atoms with E-state index in [-0.39, 0.29) is 17.5 Å². The minimum atomic E-state index is -4.58. The van der Waals surface area contributed by atoms with Crippen LogP contribution in [0.3, 0.4) is 0 Å². The minimum Gasteiger partial charge on any atom is -0.467 e. The fraction of sp³-hybridized carbons (Fsp3) is 0.190. The largest absolute Gasteiger partial charge is 0.467 e. The monoisotopic (exact) mass is 402 g/mol. The zero-order valence-electron chi connectivity index (χ0n) is 15.4. The van der Waals surface area contributed by atoms with Crippen LogP contribution in [0.2, 0.25) is 0 Å². The number of pyridine rings is 1. The molecule has 0 saturated heterocycles. The van der Waals surface area contributed by atoms with E-state index in [0.29, 0.717) is 10.9 Å². The lowest BCUT2D eigenvalue weighted by Gasteiger charge is -2.19. The van der Waals surface area contributed by atoms with Crippen molar-refractivity contribution in [2.45, 2.75) is 18.6 Å². The molecular weight excluding hydrogens is 385 g/mol. The molecule has 0 unspecified atom stereocenters. The number of esters is 1. The summed E-state index contributed by atoms with van der Waals surface area (Å²) in [6.07, 6.45) is -3.50. The van der Waals surface area contributed by atoms with E-state index in [2.05, 4.69) is 15.0 Å². The summed E-state index contributed by atoms with van der Waals surface area (Å²) in [6, 6.07) is 12.0. The second-order valence-electron chi connectivity index (χ2n) is 6.28. The van der Waals surface area contributed by atoms with Crippen LogP contribution in [0.15, 0.2) is 60.8 Å². The van der Waals surface area contributed by atoms with E-state index in [0.717, 1.165) is 13.2 Å². The molecule has 1 N–H and O–H groups in total. The van der Waals surface area contributed by atoms with Crippen molar-refractivity contribution in [2.24, 2.45) is 0 Å². The van der Waals surface area contributed by atoms with Crippen LogP contribution in [-0.4, -0.2) is 30.0 Å². The number of halogens is 3. The van der Waals surface area contributed by atoms with E-state index in [1.807, 2.05) is 0 Å². The Labute approximate surface area is 164 Å². The van der Waals surface area contributed by atoms with Crippen LogP contribution < -0.4 is 5.32 Å². The van der Waals surface area contributed by atoms with Crippen molar-refractivity contribution in [1.29, 1.82) is 0 Å². The first-order chi connectivity index (χ1) is 13.8. The topological polar surface area (TPSA) is 68.3 Å². The summed E-state index contributed by atoms with van der Waals surface area (Å²) in [6.45, 7) is 0. The van der Waals surface area contributed by atoms with Gasteiger partial charge in [-0.25, -0.2) is 4.79 Å². The molecule has 150 valence electrons. The number of methoxy groups -OCH3 is 1. The quantitative estimate of drug-likeness (QED) is 0.660. The molecule has 1 atom stereocenters. The predicted octanol–water partition coefficient (Wildman–Crippen LogP) is 3.77. The van der Waals surface area contributed by atoms with E-state index in [1.54, 1.807) is 24.3 Å². The second-order valence-corrected chi connectivity index (χ2v) is 6.28. The van der Waals surface area contributed by atoms with Crippen molar-refractivity contribution >= 4 is 22.8 Å². The van der Waals surface area contributed by atoms with Crippen molar-refractivity contribution in [3.8, 4) is 0 Å². The van der Waals surface area contributed by atoms with Gasteiger partial charge in [-0.1, -0.05) is 36.4 Å². The number of alkyl halides is 3. The molecule has 1 aromatic heterocycles. The van der Waals surface area contributed by atoms with Crippen LogP contribution in [0.4, 0.5) is 13.2 Å². The first-order valence-electron chi connectivity index (χ1n) is 8.69. The number of nitrogens with zero attached hydrogens (tertiary/aromatic N) is 1. The van der Waals surface area contributed by atoms with Gasteiger partial charge in [-0.3, -0.25) is 9.78 Å². The molecule has 1 heterocycles. The van der Waals surface area contributed by atoms with Gasteiger partial charge in [0.1, 0.15) is 6.04 Å². The highest BCUT2D eigenvalue weighted by Crippen LogP contribution is 2.32. The van der Waals surface area contributed by atoms with Crippen molar-refractivity contribution in [2.75, 3.05) is 7.11 Å². The highest BCUT2D eigenvalue weighted by molar-refractivity contribution is 6.07. The van der Waals surface area contributed by atoms with Crippen LogP contribution in [-0.2, 0) is 22.1 Å². The molecule has 5 nitrogen and oxygen atoms in total. The molecule has 0 saturated carbocycles. The fourth-order valence-corrected chi connectivity index (χ4v) is 3.06. The Kier molecular flexibility index (Phi) is 5.81. The van der Waals surface area contributed by atoms with Gasteiger partial charge in [0.05, 0.1) is 23.8 Å². The van der Waals surface area contributed by atoms with Crippen molar-refractivity contribution in [3.05, 3.63) is 77.5 Å². The highest BCUT2D eigenvalue weighted by atomic mass is 19.4. The number of fused-ring (bicyclic) bond motifs is 1. The van der Waals surface area contributed by atoms with Gasteiger partial charge in [0.2, 0.25) is 0 Å². The van der Waals surface area contributed by atoms with Gasteiger partial charge >= 0.3 is 12.1 Å². The molecule has 0 fully saturated rings. The average molecular weight is 402 g/mol. The van der Waals surface area contributed by atoms with Crippen molar-refractivity contribution in [1.82, 2.24) is 10.3 Å². The van der Waals surface area contributed by atoms with Crippen LogP contribution in [0.5, 0.6) is 0 Å². The SMILES string of the molecule is COC(=O)[C@@H](Cc1ccccc1C(F)(F)F)NC(=O)c1ccnc2ccccc12. The summed E-state index contributed by atoms with van der Waals surface area (Å²) in [4.78, 5) is 29.1. The lowest BCUT2D eigenvalue weighted by Crippen LogP contribution is -2.43. The number of hydrogen-bond acceptors (Lipinski definition) is 4. The number of carbonyl (C=O) groups excluding carboxylic acids is 2. The molecule has 0 aliphatic carbocycles. The molecular formula is C21H17F3N2O3. The highest BCUT2D eigenvalue weighted by Gasteiger charge is 2.34. The van der Waals surface area contributed by atoms with Crippen LogP contribution in [0.25, 0.3) is 10.9 Å². The van der Waals surface area contributed by atoms with Gasteiger partial charge in [0.25, 0.3) is 5.91 Å². The number of carbonyl (C=O) groups is 2. The van der Waals surface area contributed by atoms with Crippen LogP contribution >= 0.6 is 0 Å². The number of nitrogens with one attached hydrogen (secondary N) is 1. The molecule has 0 aliphatic heterocycles. The molecule has 1 amide bonds. The molecule has 0 bridgehead atoms. The number of benzene rings is 2. The van der Waals surface area contributed by atoms with Gasteiger partial charge in [-0.2, -0.15) is 13.2 Å². The lowest BCUT2D eigenvalue weighted by molar-refractivity contribution is -0.144. The number of hydrogen-bond donors (Lipinski definition) is 1. The summed E-state index contributed by atoms with van der Waals surface area (Å²) < 4.78 is 44.5. The zero-order chi connectivity index (χ0) is 21.0. The number of amides is 1. The number of aromatic nitrogens is 1. The molecule has 0 spiro atoms. The molecule has 0 radical (unpaired) electrons. The lowest BCUT2D eigenvalue weighted by atomic mass is 9.99. The summed E-state index contributed by atoms with van der Waals surface area (Å²) in [7, 11) is 1.11.